The molecule has 1 amide bonds. The Hall–Kier alpha value is -1.96. The predicted octanol–water partition coefficient (Wildman–Crippen LogP) is 2.59. The van der Waals surface area contributed by atoms with E-state index in [1.54, 1.807) is 11.0 Å². The second kappa shape index (κ2) is 8.42. The second-order valence-corrected chi connectivity index (χ2v) is 6.24. The van der Waals surface area contributed by atoms with Crippen LogP contribution < -0.4 is 15.2 Å². The highest BCUT2D eigenvalue weighted by atomic mass is 19.4. The highest BCUT2D eigenvalue weighted by Gasteiger charge is 2.29. The van der Waals surface area contributed by atoms with Crippen LogP contribution in [0.3, 0.4) is 0 Å². The van der Waals surface area contributed by atoms with Crippen molar-refractivity contribution >= 4 is 5.91 Å². The number of halogens is 3. The molecule has 1 aliphatic rings. The molecule has 0 aromatic heterocycles. The zero-order chi connectivity index (χ0) is 18.4. The fourth-order valence-corrected chi connectivity index (χ4v) is 2.74. The van der Waals surface area contributed by atoms with Gasteiger partial charge in [-0.05, 0) is 37.8 Å². The molecule has 0 aliphatic carbocycles. The van der Waals surface area contributed by atoms with Crippen molar-refractivity contribution in [3.05, 3.63) is 24.3 Å². The minimum atomic E-state index is -4.44. The topological polar surface area (TPSA) is 64.8 Å². The lowest BCUT2D eigenvalue weighted by molar-refractivity contribution is -0.153. The number of amides is 1. The SMILES string of the molecule is CC(N)C1CCCN(C(=O)COc2ccccc2OCC(F)(F)F)C1. The third kappa shape index (κ3) is 6.12. The Bertz CT molecular complexity index is 579. The molecular weight excluding hydrogens is 337 g/mol. The average Bonchev–Trinajstić information content (AvgIpc) is 2.58. The molecule has 1 saturated heterocycles. The highest BCUT2D eigenvalue weighted by molar-refractivity contribution is 5.78. The fourth-order valence-electron chi connectivity index (χ4n) is 2.74. The van der Waals surface area contributed by atoms with Gasteiger partial charge in [-0.15, -0.1) is 0 Å². The van der Waals surface area contributed by atoms with E-state index in [1.807, 2.05) is 6.92 Å². The lowest BCUT2D eigenvalue weighted by Gasteiger charge is -2.34. The fraction of sp³-hybridized carbons (Fsp3) is 0.588. The van der Waals surface area contributed by atoms with Crippen LogP contribution in [0.25, 0.3) is 0 Å². The van der Waals surface area contributed by atoms with Gasteiger partial charge < -0.3 is 20.1 Å². The van der Waals surface area contributed by atoms with Crippen LogP contribution in [0.15, 0.2) is 24.3 Å². The molecule has 5 nitrogen and oxygen atoms in total. The summed E-state index contributed by atoms with van der Waals surface area (Å²) in [5.74, 6) is 0.108. The van der Waals surface area contributed by atoms with Gasteiger partial charge in [0, 0.05) is 19.1 Å². The highest BCUT2D eigenvalue weighted by Crippen LogP contribution is 2.28. The van der Waals surface area contributed by atoms with Crippen LogP contribution in [0, 0.1) is 5.92 Å². The van der Waals surface area contributed by atoms with E-state index < -0.39 is 12.8 Å². The summed E-state index contributed by atoms with van der Waals surface area (Å²) in [6, 6.07) is 6.00. The summed E-state index contributed by atoms with van der Waals surface area (Å²) in [5, 5.41) is 0. The number of para-hydroxylation sites is 2. The molecule has 1 fully saturated rings. The first kappa shape index (κ1) is 19.4. The van der Waals surface area contributed by atoms with Crippen LogP contribution in [-0.4, -0.2) is 49.3 Å². The Morgan fingerprint density at radius 3 is 2.56 bits per heavy atom. The molecule has 1 heterocycles. The minimum Gasteiger partial charge on any atom is -0.480 e. The Morgan fingerprint density at radius 1 is 1.32 bits per heavy atom. The van der Waals surface area contributed by atoms with E-state index in [-0.39, 0.29) is 36.0 Å². The molecule has 1 aliphatic heterocycles. The van der Waals surface area contributed by atoms with Crippen molar-refractivity contribution in [2.45, 2.75) is 32.0 Å². The molecule has 0 bridgehead atoms. The monoisotopic (exact) mass is 360 g/mol. The quantitative estimate of drug-likeness (QED) is 0.847. The van der Waals surface area contributed by atoms with Gasteiger partial charge in [0.05, 0.1) is 0 Å². The zero-order valence-corrected chi connectivity index (χ0v) is 14.1. The number of carbonyl (C=O) groups excluding carboxylic acids is 1. The van der Waals surface area contributed by atoms with E-state index in [0.717, 1.165) is 12.8 Å². The van der Waals surface area contributed by atoms with Crippen LogP contribution in [0.4, 0.5) is 13.2 Å². The van der Waals surface area contributed by atoms with Crippen molar-refractivity contribution in [3.63, 3.8) is 0 Å². The maximum atomic E-state index is 12.3. The molecule has 140 valence electrons. The summed E-state index contributed by atoms with van der Waals surface area (Å²) < 4.78 is 47.0. The molecule has 0 spiro atoms. The number of nitrogens with zero attached hydrogens (tertiary/aromatic N) is 1. The number of likely N-dealkylation sites (tertiary alicyclic amines) is 1. The van der Waals surface area contributed by atoms with Crippen molar-refractivity contribution in [1.29, 1.82) is 0 Å². The molecule has 2 rings (SSSR count). The van der Waals surface area contributed by atoms with E-state index in [4.69, 9.17) is 15.2 Å². The normalized spacial score (nSPS) is 19.4. The first-order valence-corrected chi connectivity index (χ1v) is 8.21. The average molecular weight is 360 g/mol. The number of rotatable bonds is 6. The summed E-state index contributed by atoms with van der Waals surface area (Å²) in [7, 11) is 0. The van der Waals surface area contributed by atoms with E-state index in [2.05, 4.69) is 0 Å². The Kier molecular flexibility index (Phi) is 6.52. The molecule has 2 unspecified atom stereocenters. The maximum Gasteiger partial charge on any atom is 0.422 e. The number of nitrogens with two attached hydrogens (primary N) is 1. The van der Waals surface area contributed by atoms with E-state index in [9.17, 15) is 18.0 Å². The molecule has 2 N–H and O–H groups in total. The van der Waals surface area contributed by atoms with E-state index >= 15 is 0 Å². The second-order valence-electron chi connectivity index (χ2n) is 6.24. The van der Waals surface area contributed by atoms with Crippen molar-refractivity contribution in [1.82, 2.24) is 4.90 Å². The van der Waals surface area contributed by atoms with Gasteiger partial charge in [-0.1, -0.05) is 12.1 Å². The van der Waals surface area contributed by atoms with Gasteiger partial charge in [0.1, 0.15) is 0 Å². The number of piperidine rings is 1. The standard InChI is InChI=1S/C17H23F3N2O3/c1-12(21)13-5-4-8-22(9-13)16(23)10-24-14-6-2-3-7-15(14)25-11-17(18,19)20/h2-3,6-7,12-13H,4-5,8-11,21H2,1H3. The Balaban J connectivity index is 1.91. The summed E-state index contributed by atoms with van der Waals surface area (Å²) in [5.41, 5.74) is 5.91. The Morgan fingerprint density at radius 2 is 1.96 bits per heavy atom. The third-order valence-corrected chi connectivity index (χ3v) is 4.15. The smallest absolute Gasteiger partial charge is 0.422 e. The van der Waals surface area contributed by atoms with Crippen molar-refractivity contribution in [2.24, 2.45) is 11.7 Å². The number of alkyl halides is 3. The number of hydrogen-bond donors (Lipinski definition) is 1. The number of ether oxygens (including phenoxy) is 2. The van der Waals surface area contributed by atoms with Crippen molar-refractivity contribution in [3.8, 4) is 11.5 Å². The largest absolute Gasteiger partial charge is 0.480 e. The van der Waals surface area contributed by atoms with E-state index in [1.165, 1.54) is 18.2 Å². The maximum absolute atomic E-state index is 12.3. The number of hydrogen-bond acceptors (Lipinski definition) is 4. The van der Waals surface area contributed by atoms with Crippen LogP contribution in [0.5, 0.6) is 11.5 Å². The summed E-state index contributed by atoms with van der Waals surface area (Å²) in [6.07, 6.45) is -2.58. The van der Waals surface area contributed by atoms with E-state index in [0.29, 0.717) is 13.1 Å². The molecule has 2 atom stereocenters. The van der Waals surface area contributed by atoms with Gasteiger partial charge >= 0.3 is 6.18 Å². The van der Waals surface area contributed by atoms with Crippen molar-refractivity contribution in [2.75, 3.05) is 26.3 Å². The van der Waals surface area contributed by atoms with Gasteiger partial charge in [-0.3, -0.25) is 4.79 Å². The van der Waals surface area contributed by atoms with Crippen LogP contribution in [-0.2, 0) is 4.79 Å². The summed E-state index contributed by atoms with van der Waals surface area (Å²) in [6.45, 7) is 1.47. The third-order valence-electron chi connectivity index (χ3n) is 4.15. The van der Waals surface area contributed by atoms with Gasteiger partial charge in [0.15, 0.2) is 24.7 Å². The van der Waals surface area contributed by atoms with Crippen molar-refractivity contribution < 1.29 is 27.4 Å². The molecule has 8 heteroatoms. The van der Waals surface area contributed by atoms with Crippen LogP contribution in [0.1, 0.15) is 19.8 Å². The Labute approximate surface area is 144 Å². The summed E-state index contributed by atoms with van der Waals surface area (Å²) in [4.78, 5) is 14.0. The predicted molar refractivity (Wildman–Crippen MR) is 86.4 cm³/mol. The molecular formula is C17H23F3N2O3. The molecule has 1 aromatic carbocycles. The molecule has 0 saturated carbocycles. The van der Waals surface area contributed by atoms with Gasteiger partial charge in [0.25, 0.3) is 5.91 Å². The lowest BCUT2D eigenvalue weighted by Crippen LogP contribution is -2.46. The molecule has 0 radical (unpaired) electrons. The van der Waals surface area contributed by atoms with Crippen LogP contribution in [0.2, 0.25) is 0 Å². The van der Waals surface area contributed by atoms with Gasteiger partial charge in [-0.2, -0.15) is 13.2 Å². The van der Waals surface area contributed by atoms with Gasteiger partial charge in [0.2, 0.25) is 0 Å². The lowest BCUT2D eigenvalue weighted by atomic mass is 9.92. The first-order chi connectivity index (χ1) is 11.8. The minimum absolute atomic E-state index is 0.00742. The van der Waals surface area contributed by atoms with Crippen LogP contribution >= 0.6 is 0 Å². The van der Waals surface area contributed by atoms with Gasteiger partial charge in [-0.25, -0.2) is 0 Å². The zero-order valence-electron chi connectivity index (χ0n) is 14.1. The number of carbonyl (C=O) groups is 1. The molecule has 25 heavy (non-hydrogen) atoms. The first-order valence-electron chi connectivity index (χ1n) is 8.21. The number of benzene rings is 1. The summed E-state index contributed by atoms with van der Waals surface area (Å²) >= 11 is 0. The molecule has 1 aromatic rings.